The third-order valence-corrected chi connectivity index (χ3v) is 4.15. The quantitative estimate of drug-likeness (QED) is 0.901. The first-order valence-corrected chi connectivity index (χ1v) is 8.00. The lowest BCUT2D eigenvalue weighted by Gasteiger charge is -2.40. The molecule has 0 spiro atoms. The van der Waals surface area contributed by atoms with Crippen molar-refractivity contribution < 1.29 is 19.0 Å². The van der Waals surface area contributed by atoms with Crippen molar-refractivity contribution >= 4 is 6.09 Å². The van der Waals surface area contributed by atoms with E-state index in [1.165, 1.54) is 24.3 Å². The number of rotatable bonds is 2. The van der Waals surface area contributed by atoms with E-state index in [0.29, 0.717) is 18.7 Å². The molecule has 1 aliphatic rings. The van der Waals surface area contributed by atoms with Crippen molar-refractivity contribution in [2.24, 2.45) is 0 Å². The van der Waals surface area contributed by atoms with E-state index in [-0.39, 0.29) is 18.7 Å². The van der Waals surface area contributed by atoms with E-state index in [0.717, 1.165) is 0 Å². The Hall–Kier alpha value is -2.13. The summed E-state index contributed by atoms with van der Waals surface area (Å²) in [6, 6.07) is 7.71. The second-order valence-electron chi connectivity index (χ2n) is 7.18. The van der Waals surface area contributed by atoms with Gasteiger partial charge in [0.25, 0.3) is 0 Å². The molecule has 0 saturated carbocycles. The van der Waals surface area contributed by atoms with Crippen LogP contribution in [0.2, 0.25) is 0 Å². The van der Waals surface area contributed by atoms with Gasteiger partial charge in [0.05, 0.1) is 11.7 Å². The average molecular weight is 334 g/mol. The molecule has 2 rings (SSSR count). The number of hydrogen-bond acceptors (Lipinski definition) is 4. The molecule has 0 bridgehead atoms. The number of benzene rings is 1. The van der Waals surface area contributed by atoms with Crippen LogP contribution in [0.15, 0.2) is 24.3 Å². The Labute approximate surface area is 141 Å². The zero-order valence-corrected chi connectivity index (χ0v) is 14.3. The number of nitriles is 1. The molecule has 24 heavy (non-hydrogen) atoms. The van der Waals surface area contributed by atoms with Gasteiger partial charge in [-0.05, 0) is 51.3 Å². The molecule has 1 atom stereocenters. The minimum Gasteiger partial charge on any atom is -0.444 e. The lowest BCUT2D eigenvalue weighted by atomic mass is 9.76. The SMILES string of the molecule is CC(C)(C)OC(=O)N1CCC(O)(C(C#N)c2ccc(F)cc2)CC1. The fraction of sp³-hybridized carbons (Fsp3) is 0.556. The molecule has 1 aromatic carbocycles. The van der Waals surface area contributed by atoms with Gasteiger partial charge in [0.1, 0.15) is 17.3 Å². The van der Waals surface area contributed by atoms with Gasteiger partial charge in [-0.2, -0.15) is 5.26 Å². The van der Waals surface area contributed by atoms with Crippen molar-refractivity contribution in [3.63, 3.8) is 0 Å². The number of likely N-dealkylation sites (tertiary alicyclic amines) is 1. The Bertz CT molecular complexity index is 623. The number of hydrogen-bond donors (Lipinski definition) is 1. The summed E-state index contributed by atoms with van der Waals surface area (Å²) in [5.41, 5.74) is -1.24. The number of nitrogens with zero attached hydrogens (tertiary/aromatic N) is 2. The highest BCUT2D eigenvalue weighted by Crippen LogP contribution is 2.36. The molecule has 0 aliphatic carbocycles. The first-order valence-electron chi connectivity index (χ1n) is 8.00. The van der Waals surface area contributed by atoms with Crippen LogP contribution in [-0.2, 0) is 4.74 Å². The van der Waals surface area contributed by atoms with E-state index in [9.17, 15) is 19.6 Å². The van der Waals surface area contributed by atoms with Crippen LogP contribution in [0, 0.1) is 17.1 Å². The van der Waals surface area contributed by atoms with E-state index in [1.807, 2.05) is 0 Å². The summed E-state index contributed by atoms with van der Waals surface area (Å²) in [5, 5.41) is 20.4. The summed E-state index contributed by atoms with van der Waals surface area (Å²) in [6.07, 6.45) is 0.115. The van der Waals surface area contributed by atoms with Gasteiger partial charge in [0, 0.05) is 13.1 Å². The monoisotopic (exact) mass is 334 g/mol. The van der Waals surface area contributed by atoms with Crippen molar-refractivity contribution in [2.75, 3.05) is 13.1 Å². The van der Waals surface area contributed by atoms with Crippen molar-refractivity contribution in [3.8, 4) is 6.07 Å². The highest BCUT2D eigenvalue weighted by Gasteiger charge is 2.42. The molecule has 1 saturated heterocycles. The maximum Gasteiger partial charge on any atom is 0.410 e. The maximum atomic E-state index is 13.1. The van der Waals surface area contributed by atoms with Crippen LogP contribution in [0.25, 0.3) is 0 Å². The third kappa shape index (κ3) is 4.24. The largest absolute Gasteiger partial charge is 0.444 e. The van der Waals surface area contributed by atoms with Gasteiger partial charge in [-0.3, -0.25) is 0 Å². The molecular formula is C18H23FN2O3. The fourth-order valence-corrected chi connectivity index (χ4v) is 2.85. The Kier molecular flexibility index (Phi) is 5.14. The van der Waals surface area contributed by atoms with Crippen molar-refractivity contribution in [2.45, 2.75) is 50.7 Å². The van der Waals surface area contributed by atoms with Gasteiger partial charge < -0.3 is 14.7 Å². The predicted octanol–water partition coefficient (Wildman–Crippen LogP) is 3.19. The highest BCUT2D eigenvalue weighted by molar-refractivity contribution is 5.68. The molecular weight excluding hydrogens is 311 g/mol. The second-order valence-corrected chi connectivity index (χ2v) is 7.18. The van der Waals surface area contributed by atoms with Gasteiger partial charge in [0.15, 0.2) is 0 Å². The minimum atomic E-state index is -1.24. The zero-order valence-electron chi connectivity index (χ0n) is 14.3. The number of aliphatic hydroxyl groups is 1. The summed E-state index contributed by atoms with van der Waals surface area (Å²) < 4.78 is 18.4. The number of piperidine rings is 1. The van der Waals surface area contributed by atoms with Gasteiger partial charge in [0.2, 0.25) is 0 Å². The summed E-state index contributed by atoms with van der Waals surface area (Å²) in [6.45, 7) is 6.01. The Morgan fingerprint density at radius 3 is 2.33 bits per heavy atom. The van der Waals surface area contributed by atoms with Crippen LogP contribution in [-0.4, -0.2) is 40.4 Å². The topological polar surface area (TPSA) is 73.6 Å². The number of halogens is 1. The van der Waals surface area contributed by atoms with Crippen LogP contribution in [0.4, 0.5) is 9.18 Å². The van der Waals surface area contributed by atoms with E-state index in [2.05, 4.69) is 6.07 Å². The van der Waals surface area contributed by atoms with Crippen molar-refractivity contribution in [1.82, 2.24) is 4.90 Å². The summed E-state index contributed by atoms with van der Waals surface area (Å²) in [7, 11) is 0. The molecule has 1 amide bonds. The lowest BCUT2D eigenvalue weighted by molar-refractivity contribution is -0.0388. The second kappa shape index (κ2) is 6.78. The van der Waals surface area contributed by atoms with Gasteiger partial charge in [-0.1, -0.05) is 12.1 Å². The third-order valence-electron chi connectivity index (χ3n) is 4.15. The predicted molar refractivity (Wildman–Crippen MR) is 86.7 cm³/mol. The maximum absolute atomic E-state index is 13.1. The molecule has 0 radical (unpaired) electrons. The first-order chi connectivity index (χ1) is 11.1. The summed E-state index contributed by atoms with van der Waals surface area (Å²) in [5.74, 6) is -1.15. The van der Waals surface area contributed by atoms with Gasteiger partial charge >= 0.3 is 6.09 Å². The van der Waals surface area contributed by atoms with Crippen LogP contribution in [0.3, 0.4) is 0 Å². The zero-order chi connectivity index (χ0) is 18.0. The van der Waals surface area contributed by atoms with Crippen LogP contribution < -0.4 is 0 Å². The Morgan fingerprint density at radius 1 is 1.33 bits per heavy atom. The van der Waals surface area contributed by atoms with Crippen LogP contribution in [0.5, 0.6) is 0 Å². The van der Waals surface area contributed by atoms with Crippen molar-refractivity contribution in [1.29, 1.82) is 5.26 Å². The minimum absolute atomic E-state index is 0.266. The molecule has 1 N–H and O–H groups in total. The summed E-state index contributed by atoms with van der Waals surface area (Å²) >= 11 is 0. The molecule has 1 unspecified atom stereocenters. The normalized spacial score (nSPS) is 18.6. The summed E-state index contributed by atoms with van der Waals surface area (Å²) in [4.78, 5) is 13.6. The Balaban J connectivity index is 2.06. The molecule has 0 aromatic heterocycles. The van der Waals surface area contributed by atoms with E-state index < -0.39 is 23.2 Å². The molecule has 130 valence electrons. The molecule has 6 heteroatoms. The molecule has 1 aliphatic heterocycles. The van der Waals surface area contributed by atoms with Gasteiger partial charge in [-0.15, -0.1) is 0 Å². The first kappa shape index (κ1) is 18.2. The number of carbonyl (C=O) groups is 1. The Morgan fingerprint density at radius 2 is 1.88 bits per heavy atom. The van der Waals surface area contributed by atoms with Crippen LogP contribution >= 0.6 is 0 Å². The molecule has 1 heterocycles. The average Bonchev–Trinajstić information content (AvgIpc) is 2.48. The molecule has 5 nitrogen and oxygen atoms in total. The van der Waals surface area contributed by atoms with E-state index in [4.69, 9.17) is 4.74 Å². The lowest BCUT2D eigenvalue weighted by Crippen LogP contribution is -2.50. The van der Waals surface area contributed by atoms with Gasteiger partial charge in [-0.25, -0.2) is 9.18 Å². The van der Waals surface area contributed by atoms with Crippen molar-refractivity contribution in [3.05, 3.63) is 35.6 Å². The fourth-order valence-electron chi connectivity index (χ4n) is 2.85. The standard InChI is InChI=1S/C18H23FN2O3/c1-17(2,3)24-16(22)21-10-8-18(23,9-11-21)15(12-20)13-4-6-14(19)7-5-13/h4-7,15,23H,8-11H2,1-3H3. The number of amides is 1. The van der Waals surface area contributed by atoms with E-state index >= 15 is 0 Å². The van der Waals surface area contributed by atoms with E-state index in [1.54, 1.807) is 25.7 Å². The molecule has 1 aromatic rings. The number of carbonyl (C=O) groups excluding carboxylic acids is 1. The number of ether oxygens (including phenoxy) is 1. The van der Waals surface area contributed by atoms with Crippen LogP contribution in [0.1, 0.15) is 45.1 Å². The molecule has 1 fully saturated rings. The highest BCUT2D eigenvalue weighted by atomic mass is 19.1. The smallest absolute Gasteiger partial charge is 0.410 e.